The average Bonchev–Trinajstić information content (AvgIpc) is 2.17. The quantitative estimate of drug-likeness (QED) is 0.662. The first-order chi connectivity index (χ1) is 6.16. The van der Waals surface area contributed by atoms with Crippen LogP contribution in [0.15, 0.2) is 0 Å². The van der Waals surface area contributed by atoms with E-state index in [9.17, 15) is 0 Å². The van der Waals surface area contributed by atoms with Crippen molar-refractivity contribution in [3.05, 3.63) is 0 Å². The Labute approximate surface area is 83.1 Å². The molecule has 1 aliphatic carbocycles. The molecule has 0 aromatic carbocycles. The first-order valence-corrected chi connectivity index (χ1v) is 5.95. The topological polar surface area (TPSA) is 26.0 Å². The largest absolute Gasteiger partial charge is 0.325 e. The van der Waals surface area contributed by atoms with E-state index in [2.05, 4.69) is 13.8 Å². The summed E-state index contributed by atoms with van der Waals surface area (Å²) in [5, 5.41) is 0. The highest BCUT2D eigenvalue weighted by Gasteiger charge is 2.25. The van der Waals surface area contributed by atoms with Gasteiger partial charge in [-0.3, -0.25) is 0 Å². The van der Waals surface area contributed by atoms with Gasteiger partial charge >= 0.3 is 0 Å². The Hall–Kier alpha value is -0.0400. The first kappa shape index (κ1) is 11.0. The summed E-state index contributed by atoms with van der Waals surface area (Å²) in [6, 6.07) is 0. The Morgan fingerprint density at radius 2 is 1.92 bits per heavy atom. The molecule has 0 bridgehead atoms. The van der Waals surface area contributed by atoms with E-state index in [-0.39, 0.29) is 5.54 Å². The predicted octanol–water partition coefficient (Wildman–Crippen LogP) is 3.47. The van der Waals surface area contributed by atoms with E-state index in [0.717, 1.165) is 12.3 Å². The Morgan fingerprint density at radius 1 is 1.23 bits per heavy atom. The van der Waals surface area contributed by atoms with Crippen LogP contribution in [-0.4, -0.2) is 5.54 Å². The van der Waals surface area contributed by atoms with Gasteiger partial charge in [-0.15, -0.1) is 0 Å². The van der Waals surface area contributed by atoms with Gasteiger partial charge in [-0.1, -0.05) is 46.0 Å². The van der Waals surface area contributed by atoms with Gasteiger partial charge in [0.25, 0.3) is 0 Å². The Bertz CT molecular complexity index is 144. The fourth-order valence-electron chi connectivity index (χ4n) is 2.54. The van der Waals surface area contributed by atoms with E-state index in [1.165, 1.54) is 44.9 Å². The summed E-state index contributed by atoms with van der Waals surface area (Å²) in [6.45, 7) is 4.60. The summed E-state index contributed by atoms with van der Waals surface area (Å²) >= 11 is 0. The molecule has 2 atom stereocenters. The lowest BCUT2D eigenvalue weighted by molar-refractivity contribution is 0.292. The molecule has 0 aromatic heterocycles. The summed E-state index contributed by atoms with van der Waals surface area (Å²) in [5.41, 5.74) is 6.54. The van der Waals surface area contributed by atoms with Gasteiger partial charge in [-0.25, -0.2) is 0 Å². The number of rotatable bonds is 1. The van der Waals surface area contributed by atoms with Gasteiger partial charge in [-0.2, -0.15) is 0 Å². The van der Waals surface area contributed by atoms with E-state index in [4.69, 9.17) is 5.73 Å². The van der Waals surface area contributed by atoms with Crippen molar-refractivity contribution in [3.63, 3.8) is 0 Å². The van der Waals surface area contributed by atoms with Crippen molar-refractivity contribution in [1.29, 1.82) is 0 Å². The third-order valence-corrected chi connectivity index (χ3v) is 3.58. The van der Waals surface area contributed by atoms with Crippen LogP contribution in [0.2, 0.25) is 0 Å². The van der Waals surface area contributed by atoms with Crippen molar-refractivity contribution in [3.8, 4) is 0 Å². The standard InChI is InChI=1S/C12H25N/c1-3-12(13)9-7-5-4-6-8-11(2)10-12/h11H,3-10,13H2,1-2H3. The maximum Gasteiger partial charge on any atom is 0.0154 e. The Kier molecular flexibility index (Phi) is 4.24. The molecule has 1 heteroatoms. The molecule has 0 saturated heterocycles. The van der Waals surface area contributed by atoms with Gasteiger partial charge in [0.1, 0.15) is 0 Å². The predicted molar refractivity (Wildman–Crippen MR) is 58.7 cm³/mol. The summed E-state index contributed by atoms with van der Waals surface area (Å²) in [5.74, 6) is 0.836. The molecule has 0 aliphatic heterocycles. The van der Waals surface area contributed by atoms with Crippen molar-refractivity contribution >= 4 is 0 Å². The van der Waals surface area contributed by atoms with Gasteiger partial charge in [0.05, 0.1) is 0 Å². The number of hydrogen-bond donors (Lipinski definition) is 1. The van der Waals surface area contributed by atoms with Gasteiger partial charge in [-0.05, 0) is 25.2 Å². The zero-order chi connectivity index (χ0) is 9.73. The van der Waals surface area contributed by atoms with Crippen LogP contribution in [0.25, 0.3) is 0 Å². The molecule has 2 unspecified atom stereocenters. The molecule has 0 amide bonds. The fraction of sp³-hybridized carbons (Fsp3) is 1.00. The van der Waals surface area contributed by atoms with Crippen LogP contribution in [0.5, 0.6) is 0 Å². The molecule has 1 saturated carbocycles. The number of hydrogen-bond acceptors (Lipinski definition) is 1. The molecule has 13 heavy (non-hydrogen) atoms. The van der Waals surface area contributed by atoms with Crippen LogP contribution in [-0.2, 0) is 0 Å². The van der Waals surface area contributed by atoms with Gasteiger partial charge in [0, 0.05) is 5.54 Å². The highest BCUT2D eigenvalue weighted by molar-refractivity contribution is 4.85. The molecule has 0 aromatic rings. The van der Waals surface area contributed by atoms with Gasteiger partial charge in [0.15, 0.2) is 0 Å². The molecule has 1 nitrogen and oxygen atoms in total. The minimum atomic E-state index is 0.157. The third kappa shape index (κ3) is 3.68. The van der Waals surface area contributed by atoms with E-state index < -0.39 is 0 Å². The van der Waals surface area contributed by atoms with E-state index in [0.29, 0.717) is 0 Å². The maximum atomic E-state index is 6.39. The summed E-state index contributed by atoms with van der Waals surface area (Å²) in [7, 11) is 0. The van der Waals surface area contributed by atoms with Crippen molar-refractivity contribution in [1.82, 2.24) is 0 Å². The lowest BCUT2D eigenvalue weighted by Crippen LogP contribution is -2.40. The number of nitrogens with two attached hydrogens (primary N) is 1. The second-order valence-corrected chi connectivity index (χ2v) is 4.98. The van der Waals surface area contributed by atoms with E-state index >= 15 is 0 Å². The zero-order valence-electron chi connectivity index (χ0n) is 9.31. The first-order valence-electron chi connectivity index (χ1n) is 5.95. The minimum absolute atomic E-state index is 0.157. The fourth-order valence-corrected chi connectivity index (χ4v) is 2.54. The van der Waals surface area contributed by atoms with Gasteiger partial charge < -0.3 is 5.73 Å². The monoisotopic (exact) mass is 183 g/mol. The maximum absolute atomic E-state index is 6.39. The molecule has 0 spiro atoms. The lowest BCUT2D eigenvalue weighted by Gasteiger charge is -2.30. The van der Waals surface area contributed by atoms with Crippen LogP contribution >= 0.6 is 0 Å². The van der Waals surface area contributed by atoms with Crippen LogP contribution in [0.3, 0.4) is 0 Å². The van der Waals surface area contributed by atoms with Crippen LogP contribution < -0.4 is 5.73 Å². The highest BCUT2D eigenvalue weighted by atomic mass is 14.7. The Balaban J connectivity index is 2.50. The molecule has 1 rings (SSSR count). The molecular weight excluding hydrogens is 158 g/mol. The van der Waals surface area contributed by atoms with Crippen LogP contribution in [0.4, 0.5) is 0 Å². The molecule has 78 valence electrons. The second kappa shape index (κ2) is 4.99. The van der Waals surface area contributed by atoms with Crippen molar-refractivity contribution in [2.45, 2.75) is 70.8 Å². The van der Waals surface area contributed by atoms with E-state index in [1.807, 2.05) is 0 Å². The summed E-state index contributed by atoms with van der Waals surface area (Å²) in [6.07, 6.45) is 10.6. The third-order valence-electron chi connectivity index (χ3n) is 3.58. The smallest absolute Gasteiger partial charge is 0.0154 e. The zero-order valence-corrected chi connectivity index (χ0v) is 9.31. The van der Waals surface area contributed by atoms with E-state index in [1.54, 1.807) is 0 Å². The lowest BCUT2D eigenvalue weighted by atomic mass is 9.82. The molecule has 0 radical (unpaired) electrons. The summed E-state index contributed by atoms with van der Waals surface area (Å²) < 4.78 is 0. The molecule has 1 fully saturated rings. The molecule has 0 heterocycles. The Morgan fingerprint density at radius 3 is 2.62 bits per heavy atom. The normalized spacial score (nSPS) is 37.6. The van der Waals surface area contributed by atoms with Crippen molar-refractivity contribution in [2.75, 3.05) is 0 Å². The summed E-state index contributed by atoms with van der Waals surface area (Å²) in [4.78, 5) is 0. The SMILES string of the molecule is CCC1(N)CCCCCCC(C)C1. The van der Waals surface area contributed by atoms with Crippen molar-refractivity contribution in [2.24, 2.45) is 11.7 Å². The molecule has 2 N–H and O–H groups in total. The second-order valence-electron chi connectivity index (χ2n) is 4.98. The molecular formula is C12H25N. The van der Waals surface area contributed by atoms with Crippen LogP contribution in [0, 0.1) is 5.92 Å². The molecule has 1 aliphatic rings. The minimum Gasteiger partial charge on any atom is -0.325 e. The highest BCUT2D eigenvalue weighted by Crippen LogP contribution is 2.29. The van der Waals surface area contributed by atoms with Gasteiger partial charge in [0.2, 0.25) is 0 Å². The van der Waals surface area contributed by atoms with Crippen LogP contribution in [0.1, 0.15) is 65.2 Å². The van der Waals surface area contributed by atoms with Crippen molar-refractivity contribution < 1.29 is 0 Å². The average molecular weight is 183 g/mol.